The molecular formula is C19H22Br2O2. The zero-order chi connectivity index (χ0) is 16.7. The second-order valence-electron chi connectivity index (χ2n) is 5.82. The first-order chi connectivity index (χ1) is 11.1. The van der Waals surface area contributed by atoms with Gasteiger partial charge in [-0.3, -0.25) is 0 Å². The lowest BCUT2D eigenvalue weighted by atomic mass is 9.80. The molecule has 0 saturated heterocycles. The number of alkyl halides is 2. The molecule has 0 radical (unpaired) electrons. The van der Waals surface area contributed by atoms with Gasteiger partial charge in [0, 0.05) is 10.7 Å². The van der Waals surface area contributed by atoms with Crippen molar-refractivity contribution in [1.29, 1.82) is 0 Å². The molecule has 0 unspecified atom stereocenters. The Bertz CT molecular complexity index is 538. The normalized spacial score (nSPS) is 11.3. The van der Waals surface area contributed by atoms with Gasteiger partial charge in [0.15, 0.2) is 0 Å². The van der Waals surface area contributed by atoms with E-state index >= 15 is 0 Å². The van der Waals surface area contributed by atoms with Crippen LogP contribution in [-0.4, -0.2) is 24.9 Å². The monoisotopic (exact) mass is 440 g/mol. The van der Waals surface area contributed by atoms with Crippen LogP contribution in [0.1, 0.15) is 11.1 Å². The van der Waals surface area contributed by atoms with Gasteiger partial charge >= 0.3 is 0 Å². The van der Waals surface area contributed by atoms with Crippen LogP contribution < -0.4 is 9.47 Å². The van der Waals surface area contributed by atoms with Crippen LogP contribution >= 0.6 is 31.9 Å². The Hall–Kier alpha value is -1.00. The van der Waals surface area contributed by atoms with Gasteiger partial charge in [-0.2, -0.15) is 0 Å². The van der Waals surface area contributed by atoms with Gasteiger partial charge in [0.25, 0.3) is 0 Å². The van der Waals surface area contributed by atoms with Crippen LogP contribution in [0.3, 0.4) is 0 Å². The summed E-state index contributed by atoms with van der Waals surface area (Å²) in [5.74, 6) is 1.79. The number of rotatable bonds is 8. The van der Waals surface area contributed by atoms with Gasteiger partial charge in [-0.25, -0.2) is 0 Å². The van der Waals surface area contributed by atoms with Gasteiger partial charge in [0.2, 0.25) is 0 Å². The van der Waals surface area contributed by atoms with Gasteiger partial charge < -0.3 is 9.47 Å². The Balaban J connectivity index is 2.16. The second-order valence-corrected chi connectivity index (χ2v) is 6.94. The number of ether oxygens (including phenoxy) is 2. The zero-order valence-corrected chi connectivity index (χ0v) is 16.7. The Morgan fingerprint density at radius 2 is 1.04 bits per heavy atom. The summed E-state index contributed by atoms with van der Waals surface area (Å²) in [4.78, 5) is 0. The van der Waals surface area contributed by atoms with E-state index in [-0.39, 0.29) is 5.41 Å². The third-order valence-electron chi connectivity index (χ3n) is 4.04. The lowest BCUT2D eigenvalue weighted by Crippen LogP contribution is -2.30. The SMILES string of the molecule is COc1ccc(CC(CBr)(CBr)Cc2ccc(OC)cc2)cc1. The largest absolute Gasteiger partial charge is 0.497 e. The van der Waals surface area contributed by atoms with Crippen molar-refractivity contribution in [2.45, 2.75) is 12.8 Å². The van der Waals surface area contributed by atoms with Crippen LogP contribution in [0.4, 0.5) is 0 Å². The predicted molar refractivity (Wildman–Crippen MR) is 103 cm³/mol. The summed E-state index contributed by atoms with van der Waals surface area (Å²) >= 11 is 7.45. The van der Waals surface area contributed by atoms with Gasteiger partial charge in [-0.1, -0.05) is 56.1 Å². The highest BCUT2D eigenvalue weighted by Gasteiger charge is 2.28. The average molecular weight is 442 g/mol. The summed E-state index contributed by atoms with van der Waals surface area (Å²) in [5.41, 5.74) is 2.76. The quantitative estimate of drug-likeness (QED) is 0.519. The maximum atomic E-state index is 5.24. The van der Waals surface area contributed by atoms with Crippen LogP contribution in [0.5, 0.6) is 11.5 Å². The van der Waals surface area contributed by atoms with Crippen molar-refractivity contribution >= 4 is 31.9 Å². The molecule has 2 rings (SSSR count). The fraction of sp³-hybridized carbons (Fsp3) is 0.368. The predicted octanol–water partition coefficient (Wildman–Crippen LogP) is 5.27. The fourth-order valence-electron chi connectivity index (χ4n) is 2.64. The molecule has 0 fully saturated rings. The summed E-state index contributed by atoms with van der Waals surface area (Å²) in [7, 11) is 3.39. The molecule has 2 nitrogen and oxygen atoms in total. The topological polar surface area (TPSA) is 18.5 Å². The molecule has 4 heteroatoms. The molecule has 0 spiro atoms. The molecule has 0 aromatic heterocycles. The Kier molecular flexibility index (Phi) is 6.97. The summed E-state index contributed by atoms with van der Waals surface area (Å²) in [6.45, 7) is 0. The minimum Gasteiger partial charge on any atom is -0.497 e. The number of methoxy groups -OCH3 is 2. The summed E-state index contributed by atoms with van der Waals surface area (Å²) in [5, 5.41) is 1.87. The zero-order valence-electron chi connectivity index (χ0n) is 13.5. The van der Waals surface area contributed by atoms with E-state index in [1.807, 2.05) is 24.3 Å². The summed E-state index contributed by atoms with van der Waals surface area (Å²) < 4.78 is 10.5. The minimum absolute atomic E-state index is 0.128. The second kappa shape index (κ2) is 8.74. The molecule has 2 aromatic carbocycles. The van der Waals surface area contributed by atoms with Crippen LogP contribution in [0, 0.1) is 5.41 Å². The molecule has 124 valence electrons. The van der Waals surface area contributed by atoms with Crippen molar-refractivity contribution in [2.75, 3.05) is 24.9 Å². The van der Waals surface area contributed by atoms with E-state index in [0.29, 0.717) is 0 Å². The molecule has 0 aliphatic rings. The average Bonchev–Trinajstić information content (AvgIpc) is 2.62. The van der Waals surface area contributed by atoms with E-state index < -0.39 is 0 Å². The third kappa shape index (κ3) is 4.98. The van der Waals surface area contributed by atoms with Crippen LogP contribution in [-0.2, 0) is 12.8 Å². The highest BCUT2D eigenvalue weighted by molar-refractivity contribution is 9.09. The Morgan fingerprint density at radius 1 is 0.696 bits per heavy atom. The number of halogens is 2. The van der Waals surface area contributed by atoms with Crippen LogP contribution in [0.2, 0.25) is 0 Å². The molecule has 0 saturated carbocycles. The van der Waals surface area contributed by atoms with Crippen molar-refractivity contribution < 1.29 is 9.47 Å². The lowest BCUT2D eigenvalue weighted by molar-refractivity contribution is 0.384. The van der Waals surface area contributed by atoms with Crippen molar-refractivity contribution in [3.8, 4) is 11.5 Å². The molecule has 0 bridgehead atoms. The highest BCUT2D eigenvalue weighted by Crippen LogP contribution is 2.33. The molecule has 0 atom stereocenters. The van der Waals surface area contributed by atoms with Gasteiger partial charge in [-0.15, -0.1) is 0 Å². The molecule has 0 amide bonds. The van der Waals surface area contributed by atoms with E-state index in [1.165, 1.54) is 11.1 Å². The maximum Gasteiger partial charge on any atom is 0.118 e. The maximum absolute atomic E-state index is 5.24. The van der Waals surface area contributed by atoms with Crippen molar-refractivity contribution in [1.82, 2.24) is 0 Å². The van der Waals surface area contributed by atoms with E-state index in [4.69, 9.17) is 9.47 Å². The summed E-state index contributed by atoms with van der Waals surface area (Å²) in [6, 6.07) is 16.7. The van der Waals surface area contributed by atoms with E-state index in [1.54, 1.807) is 14.2 Å². The van der Waals surface area contributed by atoms with Crippen LogP contribution in [0.15, 0.2) is 48.5 Å². The molecule has 0 aliphatic carbocycles. The minimum atomic E-state index is 0.128. The standard InChI is InChI=1S/C19H22Br2O2/c1-22-17-7-3-15(4-8-17)11-19(13-20,14-21)12-16-5-9-18(23-2)10-6-16/h3-10H,11-14H2,1-2H3. The molecule has 0 N–H and O–H groups in total. The first kappa shape index (κ1) is 18.3. The summed E-state index contributed by atoms with van der Waals surface area (Å²) in [6.07, 6.45) is 2.00. The lowest BCUT2D eigenvalue weighted by Gasteiger charge is -2.30. The van der Waals surface area contributed by atoms with Crippen LogP contribution in [0.25, 0.3) is 0 Å². The smallest absolute Gasteiger partial charge is 0.118 e. The van der Waals surface area contributed by atoms with Gasteiger partial charge in [0.05, 0.1) is 14.2 Å². The van der Waals surface area contributed by atoms with Gasteiger partial charge in [-0.05, 0) is 53.6 Å². The first-order valence-corrected chi connectivity index (χ1v) is 9.77. The molecule has 0 aliphatic heterocycles. The first-order valence-electron chi connectivity index (χ1n) is 7.52. The Labute approximate surface area is 155 Å². The van der Waals surface area contributed by atoms with Crippen molar-refractivity contribution in [3.05, 3.63) is 59.7 Å². The third-order valence-corrected chi connectivity index (χ3v) is 6.42. The molecule has 23 heavy (non-hydrogen) atoms. The number of benzene rings is 2. The van der Waals surface area contributed by atoms with Crippen molar-refractivity contribution in [2.24, 2.45) is 5.41 Å². The molecular weight excluding hydrogens is 420 g/mol. The highest BCUT2D eigenvalue weighted by atomic mass is 79.9. The van der Waals surface area contributed by atoms with E-state index in [0.717, 1.165) is 35.0 Å². The van der Waals surface area contributed by atoms with E-state index in [2.05, 4.69) is 56.1 Å². The number of hydrogen-bond acceptors (Lipinski definition) is 2. The Morgan fingerprint density at radius 3 is 1.30 bits per heavy atom. The number of hydrogen-bond donors (Lipinski definition) is 0. The van der Waals surface area contributed by atoms with E-state index in [9.17, 15) is 0 Å². The molecule has 0 heterocycles. The van der Waals surface area contributed by atoms with Gasteiger partial charge in [0.1, 0.15) is 11.5 Å². The van der Waals surface area contributed by atoms with Crippen molar-refractivity contribution in [3.63, 3.8) is 0 Å². The molecule has 2 aromatic rings. The fourth-order valence-corrected chi connectivity index (χ4v) is 4.36.